The van der Waals surface area contributed by atoms with E-state index in [1.54, 1.807) is 0 Å². The topological polar surface area (TPSA) is 29.5 Å². The Bertz CT molecular complexity index is 3460. The first-order valence-electron chi connectivity index (χ1n) is 18.9. The number of fused-ring (bicyclic) bond motifs is 12. The predicted octanol–water partition coefficient (Wildman–Crippen LogP) is 15.8. The molecule has 0 radical (unpaired) electrons. The lowest BCUT2D eigenvalue weighted by Crippen LogP contribution is -2.10. The fourth-order valence-electron chi connectivity index (χ4n) is 8.63. The van der Waals surface area contributed by atoms with Gasteiger partial charge in [0, 0.05) is 64.0 Å². The summed E-state index contributed by atoms with van der Waals surface area (Å²) in [6.07, 6.45) is 0. The second kappa shape index (κ2) is 12.2. The molecule has 56 heavy (non-hydrogen) atoms. The summed E-state index contributed by atoms with van der Waals surface area (Å²) in [7, 11) is 0. The lowest BCUT2D eigenvalue weighted by Gasteiger charge is -2.26. The van der Waals surface area contributed by atoms with E-state index >= 15 is 0 Å². The summed E-state index contributed by atoms with van der Waals surface area (Å²) in [4.78, 5) is 2.31. The van der Waals surface area contributed by atoms with Gasteiger partial charge in [0.2, 0.25) is 0 Å². The van der Waals surface area contributed by atoms with Crippen LogP contribution in [0.1, 0.15) is 0 Å². The zero-order chi connectivity index (χ0) is 36.7. The van der Waals surface area contributed by atoms with Crippen LogP contribution >= 0.6 is 11.3 Å². The van der Waals surface area contributed by atoms with E-state index in [9.17, 15) is 0 Å². The van der Waals surface area contributed by atoms with Crippen LogP contribution in [0.25, 0.3) is 97.1 Å². The minimum Gasteiger partial charge on any atom is -0.455 e. The average Bonchev–Trinajstić information content (AvgIpc) is 3.96. The molecule has 0 aliphatic carbocycles. The molecular formula is C52H31NO2S. The molecule has 0 saturated heterocycles. The van der Waals surface area contributed by atoms with Crippen molar-refractivity contribution in [1.29, 1.82) is 0 Å². The maximum atomic E-state index is 6.88. The summed E-state index contributed by atoms with van der Waals surface area (Å²) in [5.74, 6) is 0. The summed E-state index contributed by atoms with van der Waals surface area (Å²) in [6, 6.07) is 67.0. The highest BCUT2D eigenvalue weighted by Gasteiger charge is 2.22. The van der Waals surface area contributed by atoms with Crippen molar-refractivity contribution in [2.75, 3.05) is 4.90 Å². The van der Waals surface area contributed by atoms with Gasteiger partial charge in [0.05, 0.1) is 5.69 Å². The molecule has 0 N–H and O–H groups in total. The van der Waals surface area contributed by atoms with Crippen molar-refractivity contribution in [3.8, 4) is 22.3 Å². The van der Waals surface area contributed by atoms with Gasteiger partial charge in [-0.15, -0.1) is 11.3 Å². The van der Waals surface area contributed by atoms with Gasteiger partial charge in [-0.05, 0) is 76.7 Å². The Kier molecular flexibility index (Phi) is 6.80. The van der Waals surface area contributed by atoms with Crippen molar-refractivity contribution in [2.45, 2.75) is 0 Å². The number of nitrogens with zero attached hydrogens (tertiary/aromatic N) is 1. The first-order valence-corrected chi connectivity index (χ1v) is 19.7. The Morgan fingerprint density at radius 2 is 0.929 bits per heavy atom. The number of thiophene rings is 1. The van der Waals surface area contributed by atoms with E-state index in [0.29, 0.717) is 0 Å². The van der Waals surface area contributed by atoms with Crippen molar-refractivity contribution in [1.82, 2.24) is 0 Å². The van der Waals surface area contributed by atoms with Crippen molar-refractivity contribution < 1.29 is 8.83 Å². The summed E-state index contributed by atoms with van der Waals surface area (Å²) < 4.78 is 16.3. The predicted molar refractivity (Wildman–Crippen MR) is 237 cm³/mol. The number of para-hydroxylation sites is 2. The van der Waals surface area contributed by atoms with E-state index in [2.05, 4.69) is 193 Å². The van der Waals surface area contributed by atoms with Gasteiger partial charge in [-0.3, -0.25) is 0 Å². The summed E-state index contributed by atoms with van der Waals surface area (Å²) in [5.41, 5.74) is 11.2. The average molecular weight is 734 g/mol. The standard InChI is InChI=1S/C52H31NO2S/c1-2-10-32(11-3-1)33-20-25-36(26-21-33)53(45-18-9-17-41-42-29-24-34-12-4-5-13-38(34)50(42)54-51(41)45)37-27-22-35(23-28-37)39-15-8-16-40-43-30-31-47-48(52(43)55-49(39)40)44-14-6-7-19-46(44)56-47/h1-31H. The molecule has 3 nitrogen and oxygen atoms in total. The molecule has 4 heteroatoms. The maximum Gasteiger partial charge on any atom is 0.159 e. The number of furan rings is 2. The van der Waals surface area contributed by atoms with Crippen LogP contribution in [0.2, 0.25) is 0 Å². The van der Waals surface area contributed by atoms with Crippen LogP contribution in [-0.4, -0.2) is 0 Å². The summed E-state index contributed by atoms with van der Waals surface area (Å²) >= 11 is 1.82. The molecule has 9 aromatic carbocycles. The summed E-state index contributed by atoms with van der Waals surface area (Å²) in [5, 5.41) is 9.20. The summed E-state index contributed by atoms with van der Waals surface area (Å²) in [6.45, 7) is 0. The van der Waals surface area contributed by atoms with Crippen LogP contribution in [0, 0.1) is 0 Å². The minimum absolute atomic E-state index is 0.856. The van der Waals surface area contributed by atoms with Crippen molar-refractivity contribution in [2.24, 2.45) is 0 Å². The molecule has 0 bridgehead atoms. The Hall–Kier alpha value is -7.14. The molecule has 0 unspecified atom stereocenters. The van der Waals surface area contributed by atoms with Gasteiger partial charge in [0.1, 0.15) is 16.7 Å². The van der Waals surface area contributed by atoms with Crippen LogP contribution in [-0.2, 0) is 0 Å². The zero-order valence-electron chi connectivity index (χ0n) is 30.1. The lowest BCUT2D eigenvalue weighted by molar-refractivity contribution is 0.673. The van der Waals surface area contributed by atoms with Gasteiger partial charge in [-0.1, -0.05) is 133 Å². The van der Waals surface area contributed by atoms with Crippen LogP contribution in [0.15, 0.2) is 197 Å². The van der Waals surface area contributed by atoms with E-state index in [4.69, 9.17) is 8.83 Å². The highest BCUT2D eigenvalue weighted by Crippen LogP contribution is 2.46. The number of hydrogen-bond acceptors (Lipinski definition) is 4. The second-order valence-corrected chi connectivity index (χ2v) is 15.5. The molecular weight excluding hydrogens is 703 g/mol. The largest absolute Gasteiger partial charge is 0.455 e. The van der Waals surface area contributed by atoms with Gasteiger partial charge < -0.3 is 13.7 Å². The lowest BCUT2D eigenvalue weighted by atomic mass is 10.0. The van der Waals surface area contributed by atoms with Crippen LogP contribution in [0.5, 0.6) is 0 Å². The third kappa shape index (κ3) is 4.70. The minimum atomic E-state index is 0.856. The van der Waals surface area contributed by atoms with Crippen molar-refractivity contribution in [3.05, 3.63) is 188 Å². The normalized spacial score (nSPS) is 11.9. The molecule has 0 fully saturated rings. The fraction of sp³-hybridized carbons (Fsp3) is 0. The van der Waals surface area contributed by atoms with Crippen molar-refractivity contribution in [3.63, 3.8) is 0 Å². The number of rotatable bonds is 5. The van der Waals surface area contributed by atoms with Crippen molar-refractivity contribution >= 4 is 103 Å². The molecule has 0 aliphatic rings. The van der Waals surface area contributed by atoms with Gasteiger partial charge in [0.15, 0.2) is 5.58 Å². The van der Waals surface area contributed by atoms with E-state index < -0.39 is 0 Å². The fourth-order valence-corrected chi connectivity index (χ4v) is 9.73. The molecule has 0 saturated carbocycles. The number of hydrogen-bond donors (Lipinski definition) is 0. The van der Waals surface area contributed by atoms with E-state index in [1.807, 2.05) is 11.3 Å². The Morgan fingerprint density at radius 1 is 0.339 bits per heavy atom. The first-order chi connectivity index (χ1) is 27.8. The van der Waals surface area contributed by atoms with Gasteiger partial charge >= 0.3 is 0 Å². The molecule has 12 aromatic rings. The maximum absolute atomic E-state index is 6.88. The SMILES string of the molecule is c1ccc(-c2ccc(N(c3ccc(-c4cccc5c4oc4c5ccc5sc6ccccc6c54)cc3)c3cccc4c3oc3c5ccccc5ccc43)cc2)cc1. The molecule has 3 aromatic heterocycles. The molecule has 3 heterocycles. The van der Waals surface area contributed by atoms with Gasteiger partial charge in [-0.2, -0.15) is 0 Å². The third-order valence-electron chi connectivity index (χ3n) is 11.3. The molecule has 0 amide bonds. The van der Waals surface area contributed by atoms with E-state index in [1.165, 1.54) is 31.3 Å². The Labute approximate surface area is 325 Å². The second-order valence-electron chi connectivity index (χ2n) is 14.4. The number of anilines is 3. The molecule has 0 aliphatic heterocycles. The molecule has 0 atom stereocenters. The number of benzene rings is 9. The first kappa shape index (κ1) is 31.2. The van der Waals surface area contributed by atoms with E-state index in [0.717, 1.165) is 82.8 Å². The molecule has 262 valence electrons. The van der Waals surface area contributed by atoms with Crippen LogP contribution in [0.4, 0.5) is 17.1 Å². The Morgan fingerprint density at radius 3 is 1.75 bits per heavy atom. The highest BCUT2D eigenvalue weighted by molar-refractivity contribution is 7.26. The third-order valence-corrected chi connectivity index (χ3v) is 12.4. The smallest absolute Gasteiger partial charge is 0.159 e. The molecule has 12 rings (SSSR count). The highest BCUT2D eigenvalue weighted by atomic mass is 32.1. The molecule has 0 spiro atoms. The Balaban J connectivity index is 1.02. The van der Waals surface area contributed by atoms with Crippen LogP contribution < -0.4 is 4.90 Å². The monoisotopic (exact) mass is 733 g/mol. The van der Waals surface area contributed by atoms with Crippen LogP contribution in [0.3, 0.4) is 0 Å². The van der Waals surface area contributed by atoms with E-state index in [-0.39, 0.29) is 0 Å². The quantitative estimate of drug-likeness (QED) is 0.176. The van der Waals surface area contributed by atoms with Gasteiger partial charge in [0.25, 0.3) is 0 Å². The van der Waals surface area contributed by atoms with Gasteiger partial charge in [-0.25, -0.2) is 0 Å². The zero-order valence-corrected chi connectivity index (χ0v) is 30.9.